The van der Waals surface area contributed by atoms with Crippen LogP contribution in [0.1, 0.15) is 42.6 Å². The van der Waals surface area contributed by atoms with E-state index in [-0.39, 0.29) is 54.2 Å². The number of H-pyrrole nitrogens is 1. The van der Waals surface area contributed by atoms with Gasteiger partial charge < -0.3 is 58.1 Å². The van der Waals surface area contributed by atoms with Crippen LogP contribution in [0.15, 0.2) is 224 Å². The number of aliphatic hydroxyl groups is 1. The summed E-state index contributed by atoms with van der Waals surface area (Å²) in [5.74, 6) is -1.75. The molecule has 0 radical (unpaired) electrons. The van der Waals surface area contributed by atoms with Crippen molar-refractivity contribution in [2.24, 2.45) is 0 Å². The number of aromatic carboxylic acids is 1. The Morgan fingerprint density at radius 3 is 1.02 bits per heavy atom. The minimum absolute atomic E-state index is 0.105. The number of aromatic amines is 1. The molecule has 0 saturated carbocycles. The van der Waals surface area contributed by atoms with E-state index in [9.17, 15) is 59.0 Å². The quantitative estimate of drug-likeness (QED) is 0.0290. The zero-order chi connectivity index (χ0) is 81.1. The molecule has 0 saturated heterocycles. The summed E-state index contributed by atoms with van der Waals surface area (Å²) in [6.07, 6.45) is -14.2. The summed E-state index contributed by atoms with van der Waals surface area (Å²) in [6.45, 7) is 3.32. The molecule has 0 amide bonds. The number of hydrogen-bond acceptors (Lipinski definition) is 23. The second-order valence-corrected chi connectivity index (χ2v) is 27.5. The first kappa shape index (κ1) is 86.4. The van der Waals surface area contributed by atoms with Crippen molar-refractivity contribution >= 4 is 53.2 Å². The fourth-order valence-electron chi connectivity index (χ4n) is 9.52. The van der Waals surface area contributed by atoms with E-state index in [1.54, 1.807) is 79.6 Å². The second kappa shape index (κ2) is 41.2. The predicted octanol–water partition coefficient (Wildman–Crippen LogP) is 15.3. The molecule has 0 unspecified atom stereocenters. The number of carboxylic acids is 1. The van der Waals surface area contributed by atoms with Crippen molar-refractivity contribution in [2.75, 3.05) is 96.0 Å². The van der Waals surface area contributed by atoms with Gasteiger partial charge in [0.25, 0.3) is 0 Å². The molecule has 3 aromatic heterocycles. The van der Waals surface area contributed by atoms with Crippen LogP contribution in [0.5, 0.6) is 28.7 Å². The number of nitrogens with zero attached hydrogens (tertiary/aromatic N) is 11. The van der Waals surface area contributed by atoms with Crippen LogP contribution in [0.4, 0.5) is 39.5 Å². The number of benzene rings is 8. The van der Waals surface area contributed by atoms with Crippen LogP contribution in [0.2, 0.25) is 0 Å². The van der Waals surface area contributed by atoms with E-state index in [1.807, 2.05) is 142 Å². The molecule has 11 rings (SSSR count). The minimum atomic E-state index is -4.75. The first-order chi connectivity index (χ1) is 53.3. The lowest BCUT2D eigenvalue weighted by Crippen LogP contribution is -2.20. The van der Waals surface area contributed by atoms with Crippen LogP contribution in [0.25, 0.3) is 33.4 Å². The number of hydrogen-bond donors (Lipinski definition) is 3. The molecule has 0 fully saturated rings. The van der Waals surface area contributed by atoms with E-state index in [0.717, 1.165) is 65.9 Å². The Morgan fingerprint density at radius 1 is 0.411 bits per heavy atom. The summed E-state index contributed by atoms with van der Waals surface area (Å²) in [5.41, 5.74) is 6.44. The lowest BCUT2D eigenvalue weighted by molar-refractivity contribution is -0.275. The molecule has 592 valence electrons. The number of halogens is 9. The third kappa shape index (κ3) is 28.3. The lowest BCUT2D eigenvalue weighted by Gasteiger charge is -2.11. The van der Waals surface area contributed by atoms with Gasteiger partial charge in [0, 0.05) is 34.3 Å². The van der Waals surface area contributed by atoms with Crippen LogP contribution in [0.3, 0.4) is 0 Å². The number of nitrogens with one attached hydrogen (secondary N) is 1. The highest BCUT2D eigenvalue weighted by molar-refractivity contribution is 7.99. The molecule has 0 bridgehead atoms. The van der Waals surface area contributed by atoms with Gasteiger partial charge in [-0.25, -0.2) is 23.7 Å². The first-order valence-electron chi connectivity index (χ1n) is 33.4. The van der Waals surface area contributed by atoms with Crippen molar-refractivity contribution in [3.63, 3.8) is 0 Å². The van der Waals surface area contributed by atoms with Crippen LogP contribution in [-0.2, 0) is 22.6 Å². The summed E-state index contributed by atoms with van der Waals surface area (Å²) in [6, 6.07) is 53.4. The van der Waals surface area contributed by atoms with Gasteiger partial charge in [-0.2, -0.15) is 5.21 Å². The van der Waals surface area contributed by atoms with Gasteiger partial charge in [-0.3, -0.25) is 0 Å². The maximum absolute atomic E-state index is 12.9. The summed E-state index contributed by atoms with van der Waals surface area (Å²) in [5, 5.41) is 45.5. The second-order valence-electron chi connectivity index (χ2n) is 24.3. The third-order valence-corrected chi connectivity index (χ3v) is 18.2. The molecule has 0 aliphatic rings. The summed E-state index contributed by atoms with van der Waals surface area (Å²) in [4.78, 5) is 44.8. The Morgan fingerprint density at radius 2 is 0.714 bits per heavy atom. The molecule has 3 heterocycles. The fraction of sp³-hybridized carbons (Fsp3) is 0.250. The van der Waals surface area contributed by atoms with Crippen molar-refractivity contribution < 1.29 is 97.3 Å². The molecular weight excluding hydrogens is 1540 g/mol. The Balaban J connectivity index is 0.000000204. The molecule has 24 nitrogen and oxygen atoms in total. The number of likely N-dealkylation sites (N-methyl/N-ethyl adjacent to an activating group) is 3. The topological polar surface area (TPSA) is 269 Å². The molecule has 36 heteroatoms. The van der Waals surface area contributed by atoms with E-state index in [1.165, 1.54) is 88.5 Å². The summed E-state index contributed by atoms with van der Waals surface area (Å²) >= 11 is 3.76. The largest absolute Gasteiger partial charge is 0.573 e. The summed E-state index contributed by atoms with van der Waals surface area (Å²) in [7, 11) is 14.5. The zero-order valence-electron chi connectivity index (χ0n) is 61.2. The van der Waals surface area contributed by atoms with Crippen LogP contribution in [0, 0.1) is 0 Å². The van der Waals surface area contributed by atoms with Gasteiger partial charge >= 0.3 is 37.0 Å². The first-order valence-corrected chi connectivity index (χ1v) is 35.8. The number of alkyl halides is 9. The van der Waals surface area contributed by atoms with Gasteiger partial charge in [0.15, 0.2) is 5.03 Å². The lowest BCUT2D eigenvalue weighted by atomic mass is 10.1. The SMILES string of the molecule is CN(C)CCO.CN(C)CCOC(=O)c1n[nH]nc1Sc1ccc(-c2ccc(OC(F)(F)F)cc2)cc1.COc1ccc(Cn2nnc(C(=O)O)c2Sc2ccc(-c3ccc(OC(F)(F)F)cc3)cc2)cc1.COc1ccc(Cn2nnc(C(=O)OCCN(C)C)c2Sc2ccc(-c3ccc(OC(F)(F)F)cc3)cc2)cc1. The smallest absolute Gasteiger partial charge is 0.497 e. The highest BCUT2D eigenvalue weighted by Crippen LogP contribution is 2.37. The average molecular weight is 1620 g/mol. The highest BCUT2D eigenvalue weighted by Gasteiger charge is 2.33. The third-order valence-electron chi connectivity index (χ3n) is 15.0. The maximum atomic E-state index is 12.9. The number of aromatic nitrogens is 9. The normalized spacial score (nSPS) is 11.4. The molecule has 0 aliphatic carbocycles. The molecule has 8 aromatic carbocycles. The fourth-order valence-corrected chi connectivity index (χ4v) is 12.2. The number of rotatable bonds is 29. The molecule has 0 atom stereocenters. The number of methoxy groups -OCH3 is 2. The van der Waals surface area contributed by atoms with Gasteiger partial charge in [-0.05, 0) is 184 Å². The number of carbonyl (C=O) groups is 3. The summed E-state index contributed by atoms with van der Waals surface area (Å²) < 4.78 is 147. The van der Waals surface area contributed by atoms with Crippen LogP contribution in [-0.4, -0.2) is 203 Å². The van der Waals surface area contributed by atoms with Crippen molar-refractivity contribution in [2.45, 2.75) is 61.9 Å². The molecule has 112 heavy (non-hydrogen) atoms. The number of ether oxygens (including phenoxy) is 7. The number of aliphatic hydroxyl groups excluding tert-OH is 1. The van der Waals surface area contributed by atoms with Crippen molar-refractivity contribution in [1.82, 2.24) is 60.1 Å². The standard InChI is InChI=1S/C28H27F3N4O4S.C24H18F3N3O4S.C20H19F3N4O3S.C4H11NO/c1-34(2)16-17-38-27(36)25-26(35(33-32-25)18-19-4-10-22(37-3)11-5-19)40-24-14-8-21(9-15-24)20-6-12-23(13-7-20)39-28(29,30)31;1-33-18-8-2-15(3-9-18)14-30-22(21(23(31)32)28-29-30)35-20-12-6-17(7-13-20)16-4-10-19(11-5-16)34-24(25,26)27;1-27(2)11-12-29-19(28)17-18(25-26-24-17)31-16-9-5-14(6-10-16)13-3-7-15(8-4-13)30-20(21,22)23;1-5(2)3-4-6/h4-15H,16-18H2,1-3H3;2-13H,14H2,1H3,(H,31,32);3-10H,11-12H2,1-2H3,(H,24,25,26);6H,3-4H2,1-2H3. The highest BCUT2D eigenvalue weighted by atomic mass is 32.2. The van der Waals surface area contributed by atoms with E-state index < -0.39 is 37.0 Å². The zero-order valence-corrected chi connectivity index (χ0v) is 63.6. The molecule has 0 aliphatic heterocycles. The van der Waals surface area contributed by atoms with Crippen LogP contribution >= 0.6 is 35.3 Å². The molecule has 11 aromatic rings. The Bertz CT molecular complexity index is 4750. The van der Waals surface area contributed by atoms with Gasteiger partial charge in [0.2, 0.25) is 17.1 Å². The van der Waals surface area contributed by atoms with Gasteiger partial charge in [-0.15, -0.1) is 59.9 Å². The Kier molecular flexibility index (Phi) is 31.8. The van der Waals surface area contributed by atoms with E-state index in [4.69, 9.17) is 24.1 Å². The number of carboxylic acid groups (broad SMARTS) is 1. The average Bonchev–Trinajstić information content (AvgIpc) is 1.70. The Hall–Kier alpha value is -11.2. The molecular formula is C76H75F9N12O12S3. The minimum Gasteiger partial charge on any atom is -0.497 e. The maximum Gasteiger partial charge on any atom is 0.573 e. The van der Waals surface area contributed by atoms with E-state index >= 15 is 0 Å². The van der Waals surface area contributed by atoms with Gasteiger partial charge in [-0.1, -0.05) is 143 Å². The van der Waals surface area contributed by atoms with E-state index in [0.29, 0.717) is 52.6 Å². The monoisotopic (exact) mass is 1610 g/mol. The van der Waals surface area contributed by atoms with Crippen molar-refractivity contribution in [3.05, 3.63) is 222 Å². The van der Waals surface area contributed by atoms with Gasteiger partial charge in [0.05, 0.1) is 33.9 Å². The predicted molar refractivity (Wildman–Crippen MR) is 399 cm³/mol. The van der Waals surface area contributed by atoms with Crippen LogP contribution < -0.4 is 23.7 Å². The Labute approximate surface area is 649 Å². The number of carbonyl (C=O) groups excluding carboxylic acids is 2. The van der Waals surface area contributed by atoms with Crippen molar-refractivity contribution in [1.29, 1.82) is 0 Å². The molecule has 3 N–H and O–H groups in total. The van der Waals surface area contributed by atoms with Crippen molar-refractivity contribution in [3.8, 4) is 62.1 Å². The van der Waals surface area contributed by atoms with Gasteiger partial charge in [0.1, 0.15) is 52.0 Å². The molecule has 0 spiro atoms. The van der Waals surface area contributed by atoms with E-state index in [2.05, 4.69) is 50.2 Å². The number of esters is 2.